The van der Waals surface area contributed by atoms with Crippen LogP contribution in [-0.2, 0) is 6.42 Å². The summed E-state index contributed by atoms with van der Waals surface area (Å²) >= 11 is 1.81. The molecule has 20 heavy (non-hydrogen) atoms. The van der Waals surface area contributed by atoms with Crippen molar-refractivity contribution < 1.29 is 0 Å². The standard InChI is InChI=1S/C15H22N4S/c1-4-12-10-13-14(16-11(3)17-15(13)20-12)19-8-6-18(5-2)7-9-19/h10H,4-9H2,1-3H3. The summed E-state index contributed by atoms with van der Waals surface area (Å²) < 4.78 is 0. The Morgan fingerprint density at radius 2 is 1.90 bits per heavy atom. The average Bonchev–Trinajstić information content (AvgIpc) is 2.89. The van der Waals surface area contributed by atoms with Gasteiger partial charge in [-0.15, -0.1) is 11.3 Å². The van der Waals surface area contributed by atoms with E-state index in [0.29, 0.717) is 0 Å². The normalized spacial score (nSPS) is 17.1. The first-order chi connectivity index (χ1) is 9.71. The Morgan fingerprint density at radius 3 is 2.55 bits per heavy atom. The van der Waals surface area contributed by atoms with Crippen LogP contribution in [0.15, 0.2) is 6.07 Å². The molecular weight excluding hydrogens is 268 g/mol. The number of likely N-dealkylation sites (N-methyl/N-ethyl adjacent to an activating group) is 1. The van der Waals surface area contributed by atoms with E-state index in [0.717, 1.165) is 55.6 Å². The van der Waals surface area contributed by atoms with Crippen LogP contribution < -0.4 is 4.90 Å². The second kappa shape index (κ2) is 5.66. The SMILES string of the molecule is CCc1cc2c(N3CCN(CC)CC3)nc(C)nc2s1. The van der Waals surface area contributed by atoms with E-state index in [2.05, 4.69) is 34.7 Å². The van der Waals surface area contributed by atoms with Crippen LogP contribution in [0.1, 0.15) is 24.5 Å². The highest BCUT2D eigenvalue weighted by atomic mass is 32.1. The van der Waals surface area contributed by atoms with E-state index >= 15 is 0 Å². The van der Waals surface area contributed by atoms with Crippen molar-refractivity contribution >= 4 is 27.4 Å². The van der Waals surface area contributed by atoms with Crippen LogP contribution in [0.2, 0.25) is 0 Å². The van der Waals surface area contributed by atoms with E-state index in [4.69, 9.17) is 4.98 Å². The lowest BCUT2D eigenvalue weighted by atomic mass is 10.2. The highest BCUT2D eigenvalue weighted by Crippen LogP contribution is 2.31. The van der Waals surface area contributed by atoms with E-state index in [1.807, 2.05) is 6.92 Å². The predicted molar refractivity (Wildman–Crippen MR) is 85.9 cm³/mol. The minimum absolute atomic E-state index is 0.884. The monoisotopic (exact) mass is 290 g/mol. The average molecular weight is 290 g/mol. The van der Waals surface area contributed by atoms with E-state index in [1.54, 1.807) is 11.3 Å². The zero-order chi connectivity index (χ0) is 14.1. The minimum Gasteiger partial charge on any atom is -0.353 e. The highest BCUT2D eigenvalue weighted by molar-refractivity contribution is 7.18. The van der Waals surface area contributed by atoms with Gasteiger partial charge in [0.2, 0.25) is 0 Å². The third kappa shape index (κ3) is 2.52. The molecule has 5 heteroatoms. The quantitative estimate of drug-likeness (QED) is 0.870. The fourth-order valence-corrected chi connectivity index (χ4v) is 3.76. The van der Waals surface area contributed by atoms with Crippen molar-refractivity contribution in [3.63, 3.8) is 0 Å². The number of hydrogen-bond donors (Lipinski definition) is 0. The smallest absolute Gasteiger partial charge is 0.141 e. The van der Waals surface area contributed by atoms with Crippen LogP contribution in [0.5, 0.6) is 0 Å². The molecule has 108 valence electrons. The minimum atomic E-state index is 0.884. The lowest BCUT2D eigenvalue weighted by molar-refractivity contribution is 0.270. The Morgan fingerprint density at radius 1 is 1.15 bits per heavy atom. The number of fused-ring (bicyclic) bond motifs is 1. The summed E-state index contributed by atoms with van der Waals surface area (Å²) in [5, 5.41) is 1.24. The number of aromatic nitrogens is 2. The van der Waals surface area contributed by atoms with Gasteiger partial charge in [0.1, 0.15) is 16.5 Å². The summed E-state index contributed by atoms with van der Waals surface area (Å²) in [6.45, 7) is 12.0. The van der Waals surface area contributed by atoms with Gasteiger partial charge in [-0.2, -0.15) is 0 Å². The van der Waals surface area contributed by atoms with Crippen molar-refractivity contribution in [2.45, 2.75) is 27.2 Å². The molecule has 2 aromatic rings. The van der Waals surface area contributed by atoms with Gasteiger partial charge in [-0.05, 0) is 26.0 Å². The van der Waals surface area contributed by atoms with Crippen molar-refractivity contribution in [1.29, 1.82) is 0 Å². The zero-order valence-electron chi connectivity index (χ0n) is 12.5. The van der Waals surface area contributed by atoms with Crippen molar-refractivity contribution in [3.05, 3.63) is 16.8 Å². The second-order valence-electron chi connectivity index (χ2n) is 5.30. The van der Waals surface area contributed by atoms with Crippen LogP contribution >= 0.6 is 11.3 Å². The van der Waals surface area contributed by atoms with Gasteiger partial charge in [-0.1, -0.05) is 13.8 Å². The fraction of sp³-hybridized carbons (Fsp3) is 0.600. The molecule has 0 aromatic carbocycles. The first kappa shape index (κ1) is 13.8. The van der Waals surface area contributed by atoms with Crippen molar-refractivity contribution in [3.8, 4) is 0 Å². The number of aryl methyl sites for hydroxylation is 2. The summed E-state index contributed by atoms with van der Waals surface area (Å²) in [7, 11) is 0. The maximum atomic E-state index is 4.73. The molecule has 0 saturated carbocycles. The van der Waals surface area contributed by atoms with Gasteiger partial charge in [-0.3, -0.25) is 0 Å². The van der Waals surface area contributed by atoms with Crippen molar-refractivity contribution in [2.75, 3.05) is 37.6 Å². The summed E-state index contributed by atoms with van der Waals surface area (Å²) in [4.78, 5) is 16.8. The molecule has 0 spiro atoms. The molecule has 1 aliphatic heterocycles. The Bertz CT molecular complexity index is 599. The summed E-state index contributed by atoms with van der Waals surface area (Å²) in [5.74, 6) is 2.02. The maximum absolute atomic E-state index is 4.73. The second-order valence-corrected chi connectivity index (χ2v) is 6.42. The number of piperazine rings is 1. The molecule has 0 aliphatic carbocycles. The van der Waals surface area contributed by atoms with E-state index in [9.17, 15) is 0 Å². The summed E-state index contributed by atoms with van der Waals surface area (Å²) in [6.07, 6.45) is 1.07. The highest BCUT2D eigenvalue weighted by Gasteiger charge is 2.20. The molecule has 4 nitrogen and oxygen atoms in total. The van der Waals surface area contributed by atoms with Gasteiger partial charge in [0.25, 0.3) is 0 Å². The number of nitrogens with zero attached hydrogens (tertiary/aromatic N) is 4. The largest absolute Gasteiger partial charge is 0.353 e. The fourth-order valence-electron chi connectivity index (χ4n) is 2.75. The number of thiophene rings is 1. The van der Waals surface area contributed by atoms with Crippen LogP contribution in [0, 0.1) is 6.92 Å². The Labute approximate surface area is 124 Å². The lowest BCUT2D eigenvalue weighted by Gasteiger charge is -2.35. The van der Waals surface area contributed by atoms with Gasteiger partial charge >= 0.3 is 0 Å². The van der Waals surface area contributed by atoms with Crippen molar-refractivity contribution in [2.24, 2.45) is 0 Å². The molecule has 3 rings (SSSR count). The van der Waals surface area contributed by atoms with Crippen LogP contribution in [-0.4, -0.2) is 47.6 Å². The molecule has 0 radical (unpaired) electrons. The summed E-state index contributed by atoms with van der Waals surface area (Å²) in [5.41, 5.74) is 0. The van der Waals surface area contributed by atoms with Gasteiger partial charge in [0, 0.05) is 31.1 Å². The molecular formula is C15H22N4S. The summed E-state index contributed by atoms with van der Waals surface area (Å²) in [6, 6.07) is 2.28. The molecule has 1 saturated heterocycles. The molecule has 0 amide bonds. The Kier molecular flexibility index (Phi) is 3.89. The predicted octanol–water partition coefficient (Wildman–Crippen LogP) is 2.70. The first-order valence-corrected chi connectivity index (χ1v) is 8.27. The topological polar surface area (TPSA) is 32.3 Å². The number of anilines is 1. The van der Waals surface area contributed by atoms with E-state index in [-0.39, 0.29) is 0 Å². The Hall–Kier alpha value is -1.20. The maximum Gasteiger partial charge on any atom is 0.141 e. The molecule has 3 heterocycles. The van der Waals surface area contributed by atoms with Gasteiger partial charge in [-0.25, -0.2) is 9.97 Å². The number of hydrogen-bond acceptors (Lipinski definition) is 5. The number of rotatable bonds is 3. The molecule has 0 atom stereocenters. The van der Waals surface area contributed by atoms with Gasteiger partial charge < -0.3 is 9.80 Å². The molecule has 0 unspecified atom stereocenters. The molecule has 1 aliphatic rings. The van der Waals surface area contributed by atoms with Gasteiger partial charge in [0.15, 0.2) is 0 Å². The van der Waals surface area contributed by atoms with Crippen LogP contribution in [0.25, 0.3) is 10.2 Å². The van der Waals surface area contributed by atoms with E-state index < -0.39 is 0 Å². The van der Waals surface area contributed by atoms with Crippen molar-refractivity contribution in [1.82, 2.24) is 14.9 Å². The zero-order valence-corrected chi connectivity index (χ0v) is 13.3. The van der Waals surface area contributed by atoms with E-state index in [1.165, 1.54) is 10.3 Å². The first-order valence-electron chi connectivity index (χ1n) is 7.45. The third-order valence-electron chi connectivity index (χ3n) is 4.00. The Balaban J connectivity index is 1.96. The molecule has 2 aromatic heterocycles. The molecule has 0 N–H and O–H groups in total. The van der Waals surface area contributed by atoms with Gasteiger partial charge in [0.05, 0.1) is 5.39 Å². The third-order valence-corrected chi connectivity index (χ3v) is 5.18. The molecule has 0 bridgehead atoms. The molecule has 1 fully saturated rings. The lowest BCUT2D eigenvalue weighted by Crippen LogP contribution is -2.46. The van der Waals surface area contributed by atoms with Crippen LogP contribution in [0.3, 0.4) is 0 Å². The van der Waals surface area contributed by atoms with Crippen LogP contribution in [0.4, 0.5) is 5.82 Å².